The Balaban J connectivity index is 2.06. The quantitative estimate of drug-likeness (QED) is 0.412. The van der Waals surface area contributed by atoms with E-state index in [9.17, 15) is 14.4 Å². The summed E-state index contributed by atoms with van der Waals surface area (Å²) < 4.78 is 10.0. The molecule has 0 radical (unpaired) electrons. The number of ether oxygens (including phenoxy) is 2. The van der Waals surface area contributed by atoms with Gasteiger partial charge in [-0.3, -0.25) is 4.79 Å². The third kappa shape index (κ3) is 8.48. The van der Waals surface area contributed by atoms with E-state index in [1.54, 1.807) is 0 Å². The predicted molar refractivity (Wildman–Crippen MR) is 117 cm³/mol. The highest BCUT2D eigenvalue weighted by molar-refractivity contribution is 5.89. The van der Waals surface area contributed by atoms with Gasteiger partial charge in [0.1, 0.15) is 18.7 Å². The molecule has 2 N–H and O–H groups in total. The zero-order valence-corrected chi connectivity index (χ0v) is 18.0. The van der Waals surface area contributed by atoms with Crippen LogP contribution in [0.15, 0.2) is 60.7 Å². The largest absolute Gasteiger partial charge is 0.467 e. The Morgan fingerprint density at radius 3 is 2.16 bits per heavy atom. The molecule has 0 aromatic heterocycles. The number of amides is 2. The second-order valence-electron chi connectivity index (χ2n) is 7.08. The van der Waals surface area contributed by atoms with E-state index in [0.29, 0.717) is 6.42 Å². The number of carbonyl (C=O) groups excluding carboxylic acids is 3. The van der Waals surface area contributed by atoms with Crippen LogP contribution in [-0.4, -0.2) is 37.2 Å². The minimum absolute atomic E-state index is 0.0608. The number of rotatable bonds is 11. The monoisotopic (exact) mass is 437 g/mol. The number of nitrogens with zero attached hydrogens (tertiary/aromatic N) is 1. The second kappa shape index (κ2) is 13.4. The number of esters is 1. The molecule has 0 bridgehead atoms. The number of carbonyl (C=O) groups is 3. The van der Waals surface area contributed by atoms with E-state index in [1.165, 1.54) is 7.11 Å². The molecule has 2 aromatic rings. The predicted octanol–water partition coefficient (Wildman–Crippen LogP) is 2.88. The van der Waals surface area contributed by atoms with Crippen molar-refractivity contribution >= 4 is 18.0 Å². The Kier molecular flexibility index (Phi) is 10.3. The van der Waals surface area contributed by atoms with E-state index in [0.717, 1.165) is 11.1 Å². The Bertz CT molecular complexity index is 912. The number of nitrogens with one attached hydrogen (secondary N) is 2. The van der Waals surface area contributed by atoms with Gasteiger partial charge in [-0.25, -0.2) is 9.59 Å². The third-order valence-corrected chi connectivity index (χ3v) is 4.69. The maximum absolute atomic E-state index is 13.0. The number of alkyl carbamates (subject to hydrolysis) is 1. The summed E-state index contributed by atoms with van der Waals surface area (Å²) in [5.74, 6) is -1.15. The van der Waals surface area contributed by atoms with Crippen molar-refractivity contribution in [1.29, 1.82) is 5.26 Å². The lowest BCUT2D eigenvalue weighted by molar-refractivity contribution is -0.145. The van der Waals surface area contributed by atoms with Gasteiger partial charge in [-0.2, -0.15) is 5.26 Å². The summed E-state index contributed by atoms with van der Waals surface area (Å²) in [6.45, 7) is 0.0608. The highest BCUT2D eigenvalue weighted by Crippen LogP contribution is 2.08. The summed E-state index contributed by atoms with van der Waals surface area (Å²) in [4.78, 5) is 37.4. The van der Waals surface area contributed by atoms with Crippen molar-refractivity contribution in [3.05, 3.63) is 71.8 Å². The molecule has 0 aliphatic carbocycles. The minimum atomic E-state index is -0.969. The fourth-order valence-electron chi connectivity index (χ4n) is 3.01. The number of hydrogen-bond acceptors (Lipinski definition) is 6. The van der Waals surface area contributed by atoms with Crippen molar-refractivity contribution in [2.75, 3.05) is 7.11 Å². The van der Waals surface area contributed by atoms with Gasteiger partial charge in [0.2, 0.25) is 5.91 Å². The minimum Gasteiger partial charge on any atom is -0.467 e. The molecule has 0 fully saturated rings. The molecule has 8 heteroatoms. The Morgan fingerprint density at radius 2 is 1.56 bits per heavy atom. The van der Waals surface area contributed by atoms with Crippen LogP contribution >= 0.6 is 0 Å². The van der Waals surface area contributed by atoms with E-state index in [-0.39, 0.29) is 25.9 Å². The van der Waals surface area contributed by atoms with E-state index in [4.69, 9.17) is 14.7 Å². The van der Waals surface area contributed by atoms with Crippen molar-refractivity contribution in [2.24, 2.45) is 0 Å². The van der Waals surface area contributed by atoms with Crippen LogP contribution in [0.3, 0.4) is 0 Å². The first-order valence-corrected chi connectivity index (χ1v) is 10.3. The zero-order valence-electron chi connectivity index (χ0n) is 18.0. The van der Waals surface area contributed by atoms with Crippen LogP contribution in [-0.2, 0) is 32.1 Å². The van der Waals surface area contributed by atoms with Crippen molar-refractivity contribution < 1.29 is 23.9 Å². The van der Waals surface area contributed by atoms with Gasteiger partial charge in [-0.05, 0) is 24.0 Å². The first kappa shape index (κ1) is 24.4. The van der Waals surface area contributed by atoms with Gasteiger partial charge in [0, 0.05) is 12.8 Å². The van der Waals surface area contributed by atoms with Crippen LogP contribution in [0.2, 0.25) is 0 Å². The molecule has 2 atom stereocenters. The maximum atomic E-state index is 13.0. The summed E-state index contributed by atoms with van der Waals surface area (Å²) in [5, 5.41) is 13.9. The first-order chi connectivity index (χ1) is 15.5. The van der Waals surface area contributed by atoms with Crippen LogP contribution in [0, 0.1) is 11.3 Å². The van der Waals surface area contributed by atoms with Crippen molar-refractivity contribution in [2.45, 2.75) is 44.4 Å². The van der Waals surface area contributed by atoms with Crippen LogP contribution in [0.4, 0.5) is 4.79 Å². The average molecular weight is 437 g/mol. The number of nitriles is 1. The van der Waals surface area contributed by atoms with Gasteiger partial charge in [0.15, 0.2) is 0 Å². The van der Waals surface area contributed by atoms with Crippen LogP contribution in [0.5, 0.6) is 0 Å². The highest BCUT2D eigenvalue weighted by Gasteiger charge is 2.27. The van der Waals surface area contributed by atoms with E-state index in [1.807, 2.05) is 66.7 Å². The van der Waals surface area contributed by atoms with Gasteiger partial charge in [-0.15, -0.1) is 0 Å². The van der Waals surface area contributed by atoms with Crippen molar-refractivity contribution in [3.63, 3.8) is 0 Å². The number of hydrogen-bond donors (Lipinski definition) is 2. The first-order valence-electron chi connectivity index (χ1n) is 10.3. The van der Waals surface area contributed by atoms with Gasteiger partial charge in [-0.1, -0.05) is 60.7 Å². The Morgan fingerprint density at radius 1 is 0.938 bits per heavy atom. The second-order valence-corrected chi connectivity index (χ2v) is 7.08. The average Bonchev–Trinajstić information content (AvgIpc) is 2.82. The molecule has 0 aliphatic heterocycles. The third-order valence-electron chi connectivity index (χ3n) is 4.69. The molecule has 2 amide bonds. The highest BCUT2D eigenvalue weighted by atomic mass is 16.5. The Hall–Kier alpha value is -3.86. The molecular weight excluding hydrogens is 410 g/mol. The summed E-state index contributed by atoms with van der Waals surface area (Å²) in [5.41, 5.74) is 1.64. The van der Waals surface area contributed by atoms with Gasteiger partial charge < -0.3 is 20.1 Å². The summed E-state index contributed by atoms with van der Waals surface area (Å²) in [7, 11) is 1.23. The molecule has 0 saturated heterocycles. The summed E-state index contributed by atoms with van der Waals surface area (Å²) >= 11 is 0. The molecule has 8 nitrogen and oxygen atoms in total. The molecule has 2 rings (SSSR count). The van der Waals surface area contributed by atoms with E-state index in [2.05, 4.69) is 10.6 Å². The van der Waals surface area contributed by atoms with Crippen molar-refractivity contribution in [1.82, 2.24) is 10.6 Å². The van der Waals surface area contributed by atoms with Crippen LogP contribution in [0.25, 0.3) is 0 Å². The standard InChI is InChI=1S/C24H27N3O5/c1-31-23(29)20(14-8-9-15-25)26-22(28)21(16-18-10-4-2-5-11-18)27-24(30)32-17-19-12-6-3-7-13-19/h2-7,10-13,20-21H,8-9,14,16-17H2,1H3,(H,26,28)(H,27,30)/t20-,21-/m1/s1. The number of unbranched alkanes of at least 4 members (excludes halogenated alkanes) is 1. The number of benzene rings is 2. The molecule has 0 spiro atoms. The zero-order chi connectivity index (χ0) is 23.2. The lowest BCUT2D eigenvalue weighted by Crippen LogP contribution is -2.52. The SMILES string of the molecule is COC(=O)[C@@H](CCCC#N)NC(=O)[C@@H](Cc1ccccc1)NC(=O)OCc1ccccc1. The molecule has 168 valence electrons. The molecule has 0 unspecified atom stereocenters. The van der Waals surface area contributed by atoms with E-state index >= 15 is 0 Å². The normalized spacial score (nSPS) is 12.0. The summed E-state index contributed by atoms with van der Waals surface area (Å²) in [6.07, 6.45) is 0.388. The van der Waals surface area contributed by atoms with Gasteiger partial charge >= 0.3 is 12.1 Å². The lowest BCUT2D eigenvalue weighted by Gasteiger charge is -2.22. The molecule has 32 heavy (non-hydrogen) atoms. The van der Waals surface area contributed by atoms with Crippen LogP contribution < -0.4 is 10.6 Å². The fourth-order valence-corrected chi connectivity index (χ4v) is 3.01. The maximum Gasteiger partial charge on any atom is 0.408 e. The molecule has 2 aromatic carbocycles. The molecule has 0 aliphatic rings. The van der Waals surface area contributed by atoms with Gasteiger partial charge in [0.25, 0.3) is 0 Å². The fraction of sp³-hybridized carbons (Fsp3) is 0.333. The summed E-state index contributed by atoms with van der Waals surface area (Å²) in [6, 6.07) is 18.5. The Labute approximate surface area is 187 Å². The molecule has 0 saturated carbocycles. The van der Waals surface area contributed by atoms with Crippen molar-refractivity contribution in [3.8, 4) is 6.07 Å². The molecule has 0 heterocycles. The molecular formula is C24H27N3O5. The van der Waals surface area contributed by atoms with E-state index < -0.39 is 30.1 Å². The van der Waals surface area contributed by atoms with Crippen LogP contribution in [0.1, 0.15) is 30.4 Å². The lowest BCUT2D eigenvalue weighted by atomic mass is 10.0. The van der Waals surface area contributed by atoms with Gasteiger partial charge in [0.05, 0.1) is 13.2 Å². The topological polar surface area (TPSA) is 118 Å². The smallest absolute Gasteiger partial charge is 0.408 e. The number of methoxy groups -OCH3 is 1.